The molecule has 0 saturated carbocycles. The number of hydrogen-bond acceptors (Lipinski definition) is 2. The number of hydrogen-bond donors (Lipinski definition) is 1. The van der Waals surface area contributed by atoms with Crippen LogP contribution in [0, 0.1) is 0 Å². The van der Waals surface area contributed by atoms with E-state index in [1.807, 2.05) is 0 Å². The third-order valence-corrected chi connectivity index (χ3v) is 13.7. The van der Waals surface area contributed by atoms with Gasteiger partial charge in [-0.2, -0.15) is 0 Å². The molecule has 0 bridgehead atoms. The van der Waals surface area contributed by atoms with Crippen LogP contribution in [0.1, 0.15) is 33.3 Å². The fourth-order valence-corrected chi connectivity index (χ4v) is 10.1. The van der Waals surface area contributed by atoms with Gasteiger partial charge in [0, 0.05) is 0 Å². The Morgan fingerprint density at radius 2 is 1.88 bits per heavy atom. The molecule has 0 fully saturated rings. The molecule has 0 spiro atoms. The van der Waals surface area contributed by atoms with Crippen LogP contribution in [0.4, 0.5) is 0 Å². The topological polar surface area (TPSA) is 43.3 Å². The van der Waals surface area contributed by atoms with Crippen molar-refractivity contribution in [3.05, 3.63) is 23.9 Å². The van der Waals surface area contributed by atoms with Crippen LogP contribution in [0.5, 0.6) is 5.75 Å². The second-order valence-electron chi connectivity index (χ2n) is 6.68. The molecule has 1 aromatic carbocycles. The van der Waals surface area contributed by atoms with Crippen LogP contribution in [0.3, 0.4) is 0 Å². The normalized spacial score (nSPS) is 11.8. The van der Waals surface area contributed by atoms with Crippen molar-refractivity contribution in [1.82, 2.24) is 9.55 Å². The molecule has 4 nitrogen and oxygen atoms in total. The number of rotatable bonds is 8. The minimum absolute atomic E-state index is 0.0376. The molecule has 1 amide bonds. The van der Waals surface area contributed by atoms with E-state index in [4.69, 9.17) is 4.74 Å². The maximum atomic E-state index is 11.2. The summed E-state index contributed by atoms with van der Waals surface area (Å²) in [5.74, 6) is 1.06. The van der Waals surface area contributed by atoms with Crippen molar-refractivity contribution in [2.75, 3.05) is 13.7 Å². The van der Waals surface area contributed by atoms with Gasteiger partial charge < -0.3 is 0 Å². The van der Waals surface area contributed by atoms with Crippen molar-refractivity contribution in [3.63, 3.8) is 0 Å². The third-order valence-electron chi connectivity index (χ3n) is 5.59. The van der Waals surface area contributed by atoms with Crippen molar-refractivity contribution < 1.29 is 35.7 Å². The van der Waals surface area contributed by atoms with Crippen LogP contribution in [-0.2, 0) is 37.3 Å². The number of benzene rings is 1. The van der Waals surface area contributed by atoms with Gasteiger partial charge in [0.1, 0.15) is 0 Å². The summed E-state index contributed by atoms with van der Waals surface area (Å²) in [5.41, 5.74) is 2.74. The summed E-state index contributed by atoms with van der Waals surface area (Å²) in [4.78, 5) is 11.2. The Morgan fingerprint density at radius 3 is 2.40 bits per heavy atom. The van der Waals surface area contributed by atoms with Gasteiger partial charge in [-0.25, -0.2) is 0 Å². The summed E-state index contributed by atoms with van der Waals surface area (Å²) >= 11 is 0.470. The summed E-state index contributed by atoms with van der Waals surface area (Å²) in [6.45, 7) is 9.30. The number of methoxy groups -OCH3 is 1. The molecule has 1 N–H and O–H groups in total. The molecule has 0 aliphatic heterocycles. The predicted octanol–water partition coefficient (Wildman–Crippen LogP) is 3.35. The number of nitrogens with zero attached hydrogens (tertiary/aromatic N) is 1. The van der Waals surface area contributed by atoms with Crippen molar-refractivity contribution >= 4 is 28.1 Å². The molecular formula is C19H29HgN2O2Si+. The van der Waals surface area contributed by atoms with Crippen molar-refractivity contribution in [3.8, 4) is 5.75 Å². The average Bonchev–Trinajstić information content (AvgIpc) is 2.97. The van der Waals surface area contributed by atoms with Crippen LogP contribution in [-0.4, -0.2) is 32.0 Å². The zero-order valence-corrected chi connectivity index (χ0v) is 22.7. The number of fused-ring (bicyclic) bond motifs is 1. The summed E-state index contributed by atoms with van der Waals surface area (Å²) in [5, 5.41) is 4.33. The SMILES string of the molecule is CC[Si](CC)(CC)n1cc(CCNC(C)=O)c2[c]([Hg+])c(OC)ccc21. The van der Waals surface area contributed by atoms with E-state index in [0.29, 0.717) is 32.7 Å². The molecule has 2 rings (SSSR count). The number of ether oxygens (including phenoxy) is 1. The fourth-order valence-electron chi connectivity index (χ4n) is 3.87. The molecule has 1 heterocycles. The molecular weight excluding hydrogens is 517 g/mol. The van der Waals surface area contributed by atoms with Gasteiger partial charge in [-0.15, -0.1) is 0 Å². The number of carbonyl (C=O) groups excluding carboxylic acids is 1. The quantitative estimate of drug-likeness (QED) is 0.517. The molecule has 0 radical (unpaired) electrons. The van der Waals surface area contributed by atoms with Gasteiger partial charge >= 0.3 is 169 Å². The maximum absolute atomic E-state index is 11.2. The molecule has 0 aliphatic rings. The van der Waals surface area contributed by atoms with E-state index in [-0.39, 0.29) is 5.91 Å². The van der Waals surface area contributed by atoms with E-state index in [9.17, 15) is 4.79 Å². The Hall–Kier alpha value is -0.818. The van der Waals surface area contributed by atoms with Gasteiger partial charge in [0.2, 0.25) is 0 Å². The van der Waals surface area contributed by atoms with Crippen LogP contribution in [0.15, 0.2) is 18.3 Å². The molecule has 0 atom stereocenters. The average molecular weight is 546 g/mol. The van der Waals surface area contributed by atoms with Crippen LogP contribution < -0.4 is 13.1 Å². The molecule has 0 unspecified atom stereocenters. The van der Waals surface area contributed by atoms with E-state index < -0.39 is 8.24 Å². The first-order valence-corrected chi connectivity index (χ1v) is 14.5. The van der Waals surface area contributed by atoms with Crippen LogP contribution in [0.2, 0.25) is 18.1 Å². The van der Waals surface area contributed by atoms with Crippen molar-refractivity contribution in [1.29, 1.82) is 0 Å². The predicted molar refractivity (Wildman–Crippen MR) is 103 cm³/mol. The van der Waals surface area contributed by atoms with E-state index in [2.05, 4.69) is 48.7 Å². The third kappa shape index (κ3) is 3.97. The fraction of sp³-hybridized carbons (Fsp3) is 0.526. The van der Waals surface area contributed by atoms with E-state index in [1.165, 1.54) is 37.7 Å². The van der Waals surface area contributed by atoms with Gasteiger partial charge in [0.25, 0.3) is 0 Å². The molecule has 1 aromatic heterocycles. The Labute approximate surface area is 168 Å². The Bertz CT molecular complexity index is 745. The number of amides is 1. The van der Waals surface area contributed by atoms with E-state index in [1.54, 1.807) is 14.0 Å². The van der Waals surface area contributed by atoms with Gasteiger partial charge in [0.15, 0.2) is 0 Å². The number of nitrogens with one attached hydrogen (secondary N) is 1. The van der Waals surface area contributed by atoms with E-state index in [0.717, 1.165) is 12.2 Å². The molecule has 0 saturated heterocycles. The van der Waals surface area contributed by atoms with Crippen LogP contribution in [0.25, 0.3) is 10.9 Å². The molecule has 6 heteroatoms. The zero-order valence-electron chi connectivity index (χ0n) is 16.2. The molecule has 2 aromatic rings. The first kappa shape index (κ1) is 20.5. The second-order valence-corrected chi connectivity index (χ2v) is 14.5. The molecule has 25 heavy (non-hydrogen) atoms. The van der Waals surface area contributed by atoms with Gasteiger partial charge in [-0.3, -0.25) is 0 Å². The van der Waals surface area contributed by atoms with E-state index >= 15 is 0 Å². The molecule has 0 aliphatic carbocycles. The summed E-state index contributed by atoms with van der Waals surface area (Å²) < 4.78 is 9.64. The number of aromatic nitrogens is 1. The second kappa shape index (κ2) is 8.71. The first-order valence-electron chi connectivity index (χ1n) is 9.21. The molecule has 132 valence electrons. The Morgan fingerprint density at radius 1 is 1.24 bits per heavy atom. The van der Waals surface area contributed by atoms with Gasteiger partial charge in [-0.1, -0.05) is 0 Å². The van der Waals surface area contributed by atoms with Gasteiger partial charge in [0.05, 0.1) is 0 Å². The van der Waals surface area contributed by atoms with Crippen LogP contribution >= 0.6 is 0 Å². The van der Waals surface area contributed by atoms with Gasteiger partial charge in [-0.05, 0) is 0 Å². The van der Waals surface area contributed by atoms with Crippen molar-refractivity contribution in [2.45, 2.75) is 52.2 Å². The Balaban J connectivity index is 2.64. The summed E-state index contributed by atoms with van der Waals surface area (Å²) in [7, 11) is 0.220. The standard InChI is InChI=1S/C19H29N2O2Si.Hg/c1-6-24(7-2,8-3)21-14-16(11-12-20-15(4)22)18-13-17(23-5)9-10-19(18)21;/h9-10,14H,6-8,11-12H2,1-5H3,(H,20,22);/q;+1. The minimum atomic E-state index is -1.54. The monoisotopic (exact) mass is 547 g/mol. The summed E-state index contributed by atoms with van der Waals surface area (Å²) in [6.07, 6.45) is 3.27. The Kier molecular flexibility index (Phi) is 7.14. The first-order chi connectivity index (χ1) is 11.9. The van der Waals surface area contributed by atoms with Crippen molar-refractivity contribution in [2.24, 2.45) is 0 Å². The number of carbonyl (C=O) groups is 1. The zero-order chi connectivity index (χ0) is 18.6. The summed E-state index contributed by atoms with van der Waals surface area (Å²) in [6, 6.07) is 8.14.